The van der Waals surface area contributed by atoms with Gasteiger partial charge < -0.3 is 5.32 Å². The van der Waals surface area contributed by atoms with Crippen molar-refractivity contribution in [2.75, 3.05) is 5.32 Å². The van der Waals surface area contributed by atoms with Crippen LogP contribution in [-0.2, 0) is 6.18 Å². The van der Waals surface area contributed by atoms with E-state index in [2.05, 4.69) is 21.2 Å². The highest BCUT2D eigenvalue weighted by Gasteiger charge is 2.34. The van der Waals surface area contributed by atoms with E-state index in [4.69, 9.17) is 11.6 Å². The van der Waals surface area contributed by atoms with Crippen molar-refractivity contribution in [2.45, 2.75) is 6.18 Å². The molecule has 110 valence electrons. The number of hydrogen-bond donors (Lipinski definition) is 1. The van der Waals surface area contributed by atoms with Gasteiger partial charge in [0.2, 0.25) is 0 Å². The number of benzene rings is 2. The Morgan fingerprint density at radius 1 is 1.14 bits per heavy atom. The van der Waals surface area contributed by atoms with Crippen molar-refractivity contribution in [2.24, 2.45) is 0 Å². The molecule has 0 bridgehead atoms. The van der Waals surface area contributed by atoms with E-state index in [0.717, 1.165) is 12.1 Å². The van der Waals surface area contributed by atoms with Gasteiger partial charge in [-0.05, 0) is 30.3 Å². The zero-order valence-electron chi connectivity index (χ0n) is 10.3. The highest BCUT2D eigenvalue weighted by atomic mass is 79.9. The molecule has 0 saturated heterocycles. The molecule has 2 aromatic rings. The van der Waals surface area contributed by atoms with Crippen LogP contribution in [-0.4, -0.2) is 5.91 Å². The van der Waals surface area contributed by atoms with Crippen LogP contribution < -0.4 is 5.32 Å². The molecule has 2 rings (SSSR count). The number of carbonyl (C=O) groups is 1. The molecule has 0 heterocycles. The number of nitrogens with one attached hydrogen (secondary N) is 1. The van der Waals surface area contributed by atoms with Crippen molar-refractivity contribution >= 4 is 39.1 Å². The molecule has 0 radical (unpaired) electrons. The van der Waals surface area contributed by atoms with Crippen molar-refractivity contribution in [1.82, 2.24) is 0 Å². The summed E-state index contributed by atoms with van der Waals surface area (Å²) in [6.07, 6.45) is -4.60. The number of halogens is 5. The summed E-state index contributed by atoms with van der Waals surface area (Å²) in [5, 5.41) is 2.60. The zero-order chi connectivity index (χ0) is 15.6. The monoisotopic (exact) mass is 377 g/mol. The highest BCUT2D eigenvalue weighted by Crippen LogP contribution is 2.33. The molecule has 7 heteroatoms. The van der Waals surface area contributed by atoms with Crippen LogP contribution in [0, 0.1) is 0 Å². The summed E-state index contributed by atoms with van der Waals surface area (Å²) in [6.45, 7) is 0. The van der Waals surface area contributed by atoms with E-state index >= 15 is 0 Å². The third kappa shape index (κ3) is 3.77. The Bertz CT molecular complexity index is 688. The van der Waals surface area contributed by atoms with Crippen LogP contribution in [0.2, 0.25) is 5.02 Å². The average molecular weight is 379 g/mol. The van der Waals surface area contributed by atoms with E-state index in [-0.39, 0.29) is 10.7 Å². The summed E-state index contributed by atoms with van der Waals surface area (Å²) in [5.74, 6) is -0.868. The lowest BCUT2D eigenvalue weighted by molar-refractivity contribution is -0.137. The lowest BCUT2D eigenvalue weighted by atomic mass is 10.1. The van der Waals surface area contributed by atoms with Crippen LogP contribution >= 0.6 is 27.5 Å². The number of hydrogen-bond acceptors (Lipinski definition) is 1. The summed E-state index contributed by atoms with van der Waals surface area (Å²) in [5.41, 5.74) is -1.21. The Morgan fingerprint density at radius 3 is 2.43 bits per heavy atom. The maximum absolute atomic E-state index is 12.9. The van der Waals surface area contributed by atoms with Gasteiger partial charge in [0.05, 0.1) is 21.8 Å². The molecule has 2 nitrogen and oxygen atoms in total. The molecule has 0 aliphatic heterocycles. The number of carbonyl (C=O) groups excluding carboxylic acids is 1. The number of amides is 1. The molecule has 0 aromatic heterocycles. The van der Waals surface area contributed by atoms with Crippen LogP contribution in [0.3, 0.4) is 0 Å². The summed E-state index contributed by atoms with van der Waals surface area (Å²) in [6, 6.07) is 9.23. The number of rotatable bonds is 2. The highest BCUT2D eigenvalue weighted by molar-refractivity contribution is 9.10. The maximum Gasteiger partial charge on any atom is 0.417 e. The van der Waals surface area contributed by atoms with Gasteiger partial charge in [0.15, 0.2) is 0 Å². The topological polar surface area (TPSA) is 29.1 Å². The second-order valence-electron chi connectivity index (χ2n) is 4.12. The molecule has 21 heavy (non-hydrogen) atoms. The first-order valence-electron chi connectivity index (χ1n) is 5.71. The van der Waals surface area contributed by atoms with E-state index in [1.54, 1.807) is 6.07 Å². The molecule has 0 saturated carbocycles. The third-order valence-corrected chi connectivity index (χ3v) is 3.46. The molecular weight excluding hydrogens is 371 g/mol. The summed E-state index contributed by atoms with van der Waals surface area (Å²) >= 11 is 9.12. The predicted molar refractivity (Wildman–Crippen MR) is 78.5 cm³/mol. The first-order chi connectivity index (χ1) is 9.79. The first kappa shape index (κ1) is 15.9. The van der Waals surface area contributed by atoms with Gasteiger partial charge in [-0.15, -0.1) is 0 Å². The fourth-order valence-electron chi connectivity index (χ4n) is 1.71. The van der Waals surface area contributed by atoms with Gasteiger partial charge in [-0.2, -0.15) is 13.2 Å². The van der Waals surface area contributed by atoms with Gasteiger partial charge in [0.25, 0.3) is 5.91 Å². The minimum absolute atomic E-state index is 0.224. The second-order valence-corrected chi connectivity index (χ2v) is 5.44. The van der Waals surface area contributed by atoms with E-state index < -0.39 is 23.2 Å². The molecule has 1 amide bonds. The van der Waals surface area contributed by atoms with Crippen LogP contribution in [0.5, 0.6) is 0 Å². The van der Waals surface area contributed by atoms with Crippen molar-refractivity contribution in [3.05, 3.63) is 63.1 Å². The van der Waals surface area contributed by atoms with Crippen LogP contribution in [0.25, 0.3) is 0 Å². The predicted octanol–water partition coefficient (Wildman–Crippen LogP) is 5.37. The molecule has 0 spiro atoms. The van der Waals surface area contributed by atoms with Crippen molar-refractivity contribution in [1.29, 1.82) is 0 Å². The van der Waals surface area contributed by atoms with Gasteiger partial charge >= 0.3 is 6.18 Å². The second kappa shape index (κ2) is 6.07. The standard InChI is InChI=1S/C14H8BrClF3NO/c15-8-5-6-12(11(16)7-8)20-13(21)9-3-1-2-4-10(9)14(17,18)19/h1-7H,(H,20,21). The number of alkyl halides is 3. The average Bonchev–Trinajstić information content (AvgIpc) is 2.41. The van der Waals surface area contributed by atoms with Gasteiger partial charge in [0, 0.05) is 4.47 Å². The van der Waals surface area contributed by atoms with E-state index in [1.807, 2.05) is 0 Å². The normalized spacial score (nSPS) is 11.3. The smallest absolute Gasteiger partial charge is 0.321 e. The van der Waals surface area contributed by atoms with E-state index in [9.17, 15) is 18.0 Å². The lowest BCUT2D eigenvalue weighted by Gasteiger charge is -2.13. The molecule has 0 aliphatic rings. The Labute approximate surface area is 132 Å². The Balaban J connectivity index is 2.33. The number of anilines is 1. The van der Waals surface area contributed by atoms with Gasteiger partial charge in [-0.25, -0.2) is 0 Å². The van der Waals surface area contributed by atoms with E-state index in [1.165, 1.54) is 24.3 Å². The van der Waals surface area contributed by atoms with Crippen molar-refractivity contribution in [3.63, 3.8) is 0 Å². The minimum atomic E-state index is -4.60. The fraction of sp³-hybridized carbons (Fsp3) is 0.0714. The van der Waals surface area contributed by atoms with Gasteiger partial charge in [0.1, 0.15) is 0 Å². The fourth-order valence-corrected chi connectivity index (χ4v) is 2.43. The van der Waals surface area contributed by atoms with Crippen LogP contribution in [0.1, 0.15) is 15.9 Å². The van der Waals surface area contributed by atoms with Crippen LogP contribution in [0.15, 0.2) is 46.9 Å². The molecule has 0 unspecified atom stereocenters. The quantitative estimate of drug-likeness (QED) is 0.747. The molecule has 0 fully saturated rings. The Morgan fingerprint density at radius 2 is 1.81 bits per heavy atom. The Hall–Kier alpha value is -1.53. The minimum Gasteiger partial charge on any atom is -0.321 e. The SMILES string of the molecule is O=C(Nc1ccc(Br)cc1Cl)c1ccccc1C(F)(F)F. The molecule has 2 aromatic carbocycles. The summed E-state index contributed by atoms with van der Waals surface area (Å²) in [4.78, 5) is 12.0. The summed E-state index contributed by atoms with van der Waals surface area (Å²) < 4.78 is 39.3. The summed E-state index contributed by atoms with van der Waals surface area (Å²) in [7, 11) is 0. The Kier molecular flexibility index (Phi) is 4.58. The largest absolute Gasteiger partial charge is 0.417 e. The lowest BCUT2D eigenvalue weighted by Crippen LogP contribution is -2.18. The van der Waals surface area contributed by atoms with Crippen LogP contribution in [0.4, 0.5) is 18.9 Å². The first-order valence-corrected chi connectivity index (χ1v) is 6.89. The third-order valence-electron chi connectivity index (χ3n) is 2.66. The van der Waals surface area contributed by atoms with E-state index in [0.29, 0.717) is 4.47 Å². The maximum atomic E-state index is 12.9. The molecule has 1 N–H and O–H groups in total. The molecule has 0 aliphatic carbocycles. The molecule has 0 atom stereocenters. The van der Waals surface area contributed by atoms with Gasteiger partial charge in [-0.1, -0.05) is 39.7 Å². The van der Waals surface area contributed by atoms with Crippen molar-refractivity contribution in [3.8, 4) is 0 Å². The zero-order valence-corrected chi connectivity index (χ0v) is 12.7. The van der Waals surface area contributed by atoms with Gasteiger partial charge in [-0.3, -0.25) is 4.79 Å². The molecular formula is C14H8BrClF3NO. The van der Waals surface area contributed by atoms with Crippen molar-refractivity contribution < 1.29 is 18.0 Å².